The second-order valence-electron chi connectivity index (χ2n) is 5.74. The number of nitrogens with zero attached hydrogens (tertiary/aromatic N) is 1. The molecule has 0 spiro atoms. The van der Waals surface area contributed by atoms with E-state index in [9.17, 15) is 5.26 Å². The monoisotopic (exact) mass is 281 g/mol. The van der Waals surface area contributed by atoms with Gasteiger partial charge in [0, 0.05) is 23.6 Å². The molecule has 2 aromatic rings. The first-order valence-electron chi connectivity index (χ1n) is 7.41. The Morgan fingerprint density at radius 1 is 1.05 bits per heavy atom. The van der Waals surface area contributed by atoms with Gasteiger partial charge in [-0.2, -0.15) is 5.26 Å². The minimum Gasteiger partial charge on any atom is -0.490 e. The van der Waals surface area contributed by atoms with E-state index in [4.69, 9.17) is 9.47 Å². The normalized spacial score (nSPS) is 25.5. The van der Waals surface area contributed by atoms with Crippen molar-refractivity contribution in [3.05, 3.63) is 42.0 Å². The van der Waals surface area contributed by atoms with Crippen molar-refractivity contribution in [3.63, 3.8) is 0 Å². The number of hydrogen-bond donors (Lipinski definition) is 0. The summed E-state index contributed by atoms with van der Waals surface area (Å²) in [5, 5.41) is 11.2. The average molecular weight is 281 g/mol. The molecule has 1 fully saturated rings. The van der Waals surface area contributed by atoms with Crippen LogP contribution >= 0.6 is 0 Å². The summed E-state index contributed by atoms with van der Waals surface area (Å²) in [4.78, 5) is 0. The van der Waals surface area contributed by atoms with Gasteiger partial charge in [0.2, 0.25) is 0 Å². The van der Waals surface area contributed by atoms with E-state index in [0.717, 1.165) is 29.4 Å². The summed E-state index contributed by atoms with van der Waals surface area (Å²) in [5.74, 6) is 0.857. The maximum atomic E-state index is 9.21. The lowest BCUT2D eigenvalue weighted by Crippen LogP contribution is -2.35. The Kier molecular flexibility index (Phi) is 3.81. The quantitative estimate of drug-likeness (QED) is 0.834. The van der Waals surface area contributed by atoms with Crippen LogP contribution in [0.4, 0.5) is 0 Å². The van der Waals surface area contributed by atoms with E-state index in [0.29, 0.717) is 5.56 Å². The van der Waals surface area contributed by atoms with Gasteiger partial charge < -0.3 is 9.47 Å². The van der Waals surface area contributed by atoms with Crippen molar-refractivity contribution in [1.29, 1.82) is 5.26 Å². The molecule has 0 aliphatic carbocycles. The highest BCUT2D eigenvalue weighted by molar-refractivity contribution is 5.92. The third kappa shape index (κ3) is 2.86. The van der Waals surface area contributed by atoms with Gasteiger partial charge in [-0.25, -0.2) is 0 Å². The minimum absolute atomic E-state index is 0.167. The van der Waals surface area contributed by atoms with Gasteiger partial charge in [0.05, 0.1) is 23.8 Å². The minimum atomic E-state index is 0.167. The van der Waals surface area contributed by atoms with Crippen molar-refractivity contribution >= 4 is 10.8 Å². The van der Waals surface area contributed by atoms with Crippen LogP contribution in [0.3, 0.4) is 0 Å². The van der Waals surface area contributed by atoms with Gasteiger partial charge in [0.25, 0.3) is 0 Å². The first kappa shape index (κ1) is 13.9. The van der Waals surface area contributed by atoms with Crippen LogP contribution in [0.2, 0.25) is 0 Å². The van der Waals surface area contributed by atoms with Crippen LogP contribution in [0.25, 0.3) is 10.8 Å². The molecule has 2 atom stereocenters. The van der Waals surface area contributed by atoms with Crippen LogP contribution in [-0.2, 0) is 4.74 Å². The molecule has 0 N–H and O–H groups in total. The zero-order chi connectivity index (χ0) is 14.8. The Labute approximate surface area is 125 Å². The predicted octanol–water partition coefficient (Wildman–Crippen LogP) is 4.05. The van der Waals surface area contributed by atoms with E-state index in [1.54, 1.807) is 0 Å². The molecule has 3 rings (SSSR count). The second-order valence-corrected chi connectivity index (χ2v) is 5.74. The number of fused-ring (bicyclic) bond motifs is 1. The molecular formula is C18H19NO2. The molecule has 1 aliphatic heterocycles. The molecule has 0 bridgehead atoms. The number of benzene rings is 2. The van der Waals surface area contributed by atoms with E-state index in [1.165, 1.54) is 0 Å². The average Bonchev–Trinajstić information content (AvgIpc) is 2.46. The molecule has 1 saturated heterocycles. The van der Waals surface area contributed by atoms with Crippen molar-refractivity contribution in [1.82, 2.24) is 0 Å². The lowest BCUT2D eigenvalue weighted by molar-refractivity contribution is -0.0718. The Morgan fingerprint density at radius 2 is 1.71 bits per heavy atom. The zero-order valence-electron chi connectivity index (χ0n) is 12.4. The summed E-state index contributed by atoms with van der Waals surface area (Å²) in [6, 6.07) is 13.9. The number of rotatable bonds is 2. The van der Waals surface area contributed by atoms with Gasteiger partial charge in [-0.3, -0.25) is 0 Å². The number of ether oxygens (including phenoxy) is 2. The van der Waals surface area contributed by atoms with Crippen LogP contribution in [0.1, 0.15) is 32.3 Å². The summed E-state index contributed by atoms with van der Waals surface area (Å²) in [6.07, 6.45) is 2.42. The molecule has 1 aliphatic rings. The molecule has 2 unspecified atom stereocenters. The van der Waals surface area contributed by atoms with Gasteiger partial charge in [-0.1, -0.05) is 24.3 Å². The molecular weight excluding hydrogens is 262 g/mol. The lowest BCUT2D eigenvalue weighted by atomic mass is 10.0. The van der Waals surface area contributed by atoms with E-state index >= 15 is 0 Å². The molecule has 21 heavy (non-hydrogen) atoms. The number of nitriles is 1. The second kappa shape index (κ2) is 5.75. The van der Waals surface area contributed by atoms with Crippen LogP contribution in [0.5, 0.6) is 5.75 Å². The fraction of sp³-hybridized carbons (Fsp3) is 0.389. The smallest absolute Gasteiger partial charge is 0.127 e. The molecule has 2 aromatic carbocycles. The maximum Gasteiger partial charge on any atom is 0.127 e. The first-order chi connectivity index (χ1) is 10.2. The number of hydrogen-bond acceptors (Lipinski definition) is 3. The van der Waals surface area contributed by atoms with Crippen LogP contribution in [0, 0.1) is 11.3 Å². The van der Waals surface area contributed by atoms with Crippen molar-refractivity contribution in [3.8, 4) is 11.8 Å². The predicted molar refractivity (Wildman–Crippen MR) is 82.3 cm³/mol. The van der Waals surface area contributed by atoms with Gasteiger partial charge in [-0.05, 0) is 26.0 Å². The van der Waals surface area contributed by atoms with E-state index in [2.05, 4.69) is 19.9 Å². The van der Waals surface area contributed by atoms with E-state index < -0.39 is 0 Å². The van der Waals surface area contributed by atoms with E-state index in [1.807, 2.05) is 36.4 Å². The highest BCUT2D eigenvalue weighted by Gasteiger charge is 2.26. The third-order valence-electron chi connectivity index (χ3n) is 3.95. The Balaban J connectivity index is 1.93. The third-order valence-corrected chi connectivity index (χ3v) is 3.95. The molecule has 0 saturated carbocycles. The van der Waals surface area contributed by atoms with Crippen molar-refractivity contribution in [2.24, 2.45) is 0 Å². The molecule has 0 radical (unpaired) electrons. The van der Waals surface area contributed by atoms with Crippen LogP contribution in [-0.4, -0.2) is 18.3 Å². The Morgan fingerprint density at radius 3 is 2.38 bits per heavy atom. The van der Waals surface area contributed by atoms with E-state index in [-0.39, 0.29) is 18.3 Å². The maximum absolute atomic E-state index is 9.21. The Hall–Kier alpha value is -2.05. The SMILES string of the molecule is CC1CC(Oc2ccc(C#N)c3ccccc23)CC(C)O1. The van der Waals surface area contributed by atoms with Crippen molar-refractivity contribution in [2.45, 2.75) is 45.0 Å². The molecule has 108 valence electrons. The van der Waals surface area contributed by atoms with Gasteiger partial charge in [0.1, 0.15) is 11.9 Å². The fourth-order valence-corrected chi connectivity index (χ4v) is 3.09. The van der Waals surface area contributed by atoms with Crippen molar-refractivity contribution < 1.29 is 9.47 Å². The highest BCUT2D eigenvalue weighted by atomic mass is 16.5. The summed E-state index contributed by atoms with van der Waals surface area (Å²) < 4.78 is 12.0. The lowest BCUT2D eigenvalue weighted by Gasteiger charge is -2.32. The molecule has 3 nitrogen and oxygen atoms in total. The van der Waals surface area contributed by atoms with Crippen LogP contribution < -0.4 is 4.74 Å². The molecule has 1 heterocycles. The van der Waals surface area contributed by atoms with Gasteiger partial charge in [-0.15, -0.1) is 0 Å². The highest BCUT2D eigenvalue weighted by Crippen LogP contribution is 2.31. The van der Waals surface area contributed by atoms with Crippen LogP contribution in [0.15, 0.2) is 36.4 Å². The van der Waals surface area contributed by atoms with Gasteiger partial charge >= 0.3 is 0 Å². The molecule has 0 aromatic heterocycles. The molecule has 3 heteroatoms. The standard InChI is InChI=1S/C18H19NO2/c1-12-9-15(10-13(2)20-12)21-18-8-7-14(11-19)16-5-3-4-6-17(16)18/h3-8,12-13,15H,9-10H2,1-2H3. The largest absolute Gasteiger partial charge is 0.490 e. The summed E-state index contributed by atoms with van der Waals surface area (Å²) in [6.45, 7) is 4.17. The van der Waals surface area contributed by atoms with Gasteiger partial charge in [0.15, 0.2) is 0 Å². The Bertz CT molecular complexity index is 679. The summed E-state index contributed by atoms with van der Waals surface area (Å²) >= 11 is 0. The van der Waals surface area contributed by atoms with Crippen molar-refractivity contribution in [2.75, 3.05) is 0 Å². The zero-order valence-corrected chi connectivity index (χ0v) is 12.4. The first-order valence-corrected chi connectivity index (χ1v) is 7.41. The topological polar surface area (TPSA) is 42.2 Å². The fourth-order valence-electron chi connectivity index (χ4n) is 3.09. The summed E-state index contributed by atoms with van der Waals surface area (Å²) in [5.41, 5.74) is 0.687. The molecule has 0 amide bonds. The summed E-state index contributed by atoms with van der Waals surface area (Å²) in [7, 11) is 0.